The number of hydrogen-bond acceptors (Lipinski definition) is 6. The van der Waals surface area contributed by atoms with E-state index in [1.807, 2.05) is 16.3 Å². The summed E-state index contributed by atoms with van der Waals surface area (Å²) in [6.07, 6.45) is 3.39. The van der Waals surface area contributed by atoms with E-state index in [4.69, 9.17) is 0 Å². The van der Waals surface area contributed by atoms with Crippen molar-refractivity contribution in [2.24, 2.45) is 0 Å². The third kappa shape index (κ3) is 4.55. The van der Waals surface area contributed by atoms with Crippen LogP contribution in [0.5, 0.6) is 0 Å². The van der Waals surface area contributed by atoms with Gasteiger partial charge in [0.1, 0.15) is 5.03 Å². The number of thiophene rings is 1. The molecule has 1 fully saturated rings. The van der Waals surface area contributed by atoms with Crippen molar-refractivity contribution < 1.29 is 9.59 Å². The van der Waals surface area contributed by atoms with Crippen LogP contribution in [0, 0.1) is 0 Å². The Morgan fingerprint density at radius 3 is 2.67 bits per heavy atom. The fraction of sp³-hybridized carbons (Fsp3) is 0.375. The van der Waals surface area contributed by atoms with Gasteiger partial charge in [-0.1, -0.05) is 17.8 Å². The number of amides is 2. The number of rotatable bonds is 5. The lowest BCUT2D eigenvalue weighted by molar-refractivity contribution is -0.129. The summed E-state index contributed by atoms with van der Waals surface area (Å²) in [7, 11) is 0. The van der Waals surface area contributed by atoms with E-state index in [0.29, 0.717) is 21.5 Å². The maximum absolute atomic E-state index is 12.1. The van der Waals surface area contributed by atoms with E-state index in [2.05, 4.69) is 15.5 Å². The number of nitrogens with one attached hydrogen (secondary N) is 1. The quantitative estimate of drug-likeness (QED) is 0.828. The monoisotopic (exact) mass is 362 g/mol. The first-order valence-corrected chi connectivity index (χ1v) is 9.68. The van der Waals surface area contributed by atoms with Crippen molar-refractivity contribution in [3.05, 3.63) is 34.5 Å². The van der Waals surface area contributed by atoms with E-state index < -0.39 is 0 Å². The smallest absolute Gasteiger partial charge is 0.266 e. The van der Waals surface area contributed by atoms with Gasteiger partial charge >= 0.3 is 0 Å². The van der Waals surface area contributed by atoms with E-state index >= 15 is 0 Å². The van der Waals surface area contributed by atoms with E-state index in [1.165, 1.54) is 29.5 Å². The molecule has 0 spiro atoms. The molecule has 0 saturated carbocycles. The minimum Gasteiger partial charge on any atom is -0.342 e. The molecule has 0 radical (unpaired) electrons. The number of likely N-dealkylation sites (tertiary alicyclic amines) is 1. The van der Waals surface area contributed by atoms with Gasteiger partial charge in [-0.05, 0) is 42.8 Å². The molecule has 24 heavy (non-hydrogen) atoms. The van der Waals surface area contributed by atoms with Crippen LogP contribution in [0.25, 0.3) is 0 Å². The van der Waals surface area contributed by atoms with E-state index in [-0.39, 0.29) is 11.8 Å². The van der Waals surface area contributed by atoms with Gasteiger partial charge in [-0.15, -0.1) is 21.5 Å². The molecule has 126 valence electrons. The van der Waals surface area contributed by atoms with Gasteiger partial charge < -0.3 is 10.2 Å². The van der Waals surface area contributed by atoms with Gasteiger partial charge in [-0.2, -0.15) is 0 Å². The molecule has 2 amide bonds. The first kappa shape index (κ1) is 16.9. The second kappa shape index (κ2) is 8.25. The molecular weight excluding hydrogens is 344 g/mol. The lowest BCUT2D eigenvalue weighted by Gasteiger charge is -2.26. The number of carbonyl (C=O) groups excluding carboxylic acids is 2. The number of carbonyl (C=O) groups is 2. The molecule has 0 unspecified atom stereocenters. The zero-order valence-electron chi connectivity index (χ0n) is 13.1. The van der Waals surface area contributed by atoms with Crippen molar-refractivity contribution in [1.82, 2.24) is 15.1 Å². The molecule has 1 aliphatic rings. The Balaban J connectivity index is 1.49. The molecule has 0 aliphatic carbocycles. The SMILES string of the molecule is O=C(Nc1ccc(SCC(=O)N2CCCCC2)nn1)c1cccs1. The standard InChI is InChI=1S/C16H18N4O2S2/c21-15(20-8-2-1-3-9-20)11-24-14-7-6-13(18-19-14)17-16(22)12-5-4-10-23-12/h4-7,10H,1-3,8-9,11H2,(H,17,18,22). The highest BCUT2D eigenvalue weighted by molar-refractivity contribution is 7.99. The van der Waals surface area contributed by atoms with Gasteiger partial charge in [0.2, 0.25) is 5.91 Å². The minimum atomic E-state index is -0.194. The number of aromatic nitrogens is 2. The highest BCUT2D eigenvalue weighted by atomic mass is 32.2. The van der Waals surface area contributed by atoms with Crippen molar-refractivity contribution in [3.63, 3.8) is 0 Å². The molecule has 2 aromatic rings. The van der Waals surface area contributed by atoms with Gasteiger partial charge in [0.05, 0.1) is 10.6 Å². The second-order valence-corrected chi connectivity index (χ2v) is 7.36. The molecule has 1 saturated heterocycles. The van der Waals surface area contributed by atoms with Gasteiger partial charge in [-0.3, -0.25) is 9.59 Å². The number of anilines is 1. The maximum atomic E-state index is 12.1. The van der Waals surface area contributed by atoms with Crippen molar-refractivity contribution >= 4 is 40.7 Å². The van der Waals surface area contributed by atoms with Gasteiger partial charge in [-0.25, -0.2) is 0 Å². The Hall–Kier alpha value is -1.93. The molecule has 3 heterocycles. The van der Waals surface area contributed by atoms with E-state index in [0.717, 1.165) is 25.9 Å². The molecular formula is C16H18N4O2S2. The summed E-state index contributed by atoms with van der Waals surface area (Å²) in [5.41, 5.74) is 0. The fourth-order valence-electron chi connectivity index (χ4n) is 2.42. The van der Waals surface area contributed by atoms with Crippen LogP contribution in [0.2, 0.25) is 0 Å². The summed E-state index contributed by atoms with van der Waals surface area (Å²) < 4.78 is 0. The summed E-state index contributed by atoms with van der Waals surface area (Å²) in [6, 6.07) is 7.05. The predicted molar refractivity (Wildman–Crippen MR) is 95.5 cm³/mol. The molecule has 1 N–H and O–H groups in total. The Morgan fingerprint density at radius 2 is 2.00 bits per heavy atom. The van der Waals surface area contributed by atoms with Gasteiger partial charge in [0.15, 0.2) is 5.82 Å². The molecule has 1 aliphatic heterocycles. The molecule has 2 aromatic heterocycles. The highest BCUT2D eigenvalue weighted by Gasteiger charge is 2.16. The number of nitrogens with zero attached hydrogens (tertiary/aromatic N) is 3. The number of thioether (sulfide) groups is 1. The summed E-state index contributed by atoms with van der Waals surface area (Å²) in [5.74, 6) is 0.729. The normalized spacial score (nSPS) is 14.4. The van der Waals surface area contributed by atoms with Crippen LogP contribution < -0.4 is 5.32 Å². The number of piperidine rings is 1. The van der Waals surface area contributed by atoms with Crippen molar-refractivity contribution in [2.45, 2.75) is 24.3 Å². The largest absolute Gasteiger partial charge is 0.342 e. The van der Waals surface area contributed by atoms with E-state index in [1.54, 1.807) is 18.2 Å². The van der Waals surface area contributed by atoms with Crippen LogP contribution in [-0.2, 0) is 4.79 Å². The highest BCUT2D eigenvalue weighted by Crippen LogP contribution is 2.18. The van der Waals surface area contributed by atoms with Crippen LogP contribution in [0.3, 0.4) is 0 Å². The second-order valence-electron chi connectivity index (χ2n) is 5.42. The predicted octanol–water partition coefficient (Wildman–Crippen LogP) is 2.90. The topological polar surface area (TPSA) is 75.2 Å². The maximum Gasteiger partial charge on any atom is 0.266 e. The first-order chi connectivity index (χ1) is 11.7. The van der Waals surface area contributed by atoms with E-state index in [9.17, 15) is 9.59 Å². The molecule has 0 bridgehead atoms. The molecule has 6 nitrogen and oxygen atoms in total. The summed E-state index contributed by atoms with van der Waals surface area (Å²) in [5, 5.41) is 13.3. The average molecular weight is 362 g/mol. The zero-order chi connectivity index (χ0) is 16.8. The Labute approximate surface area is 148 Å². The van der Waals surface area contributed by atoms with Crippen LogP contribution in [-0.4, -0.2) is 45.8 Å². The zero-order valence-corrected chi connectivity index (χ0v) is 14.7. The lowest BCUT2D eigenvalue weighted by atomic mass is 10.1. The molecule has 0 atom stereocenters. The third-order valence-corrected chi connectivity index (χ3v) is 5.45. The summed E-state index contributed by atoms with van der Waals surface area (Å²) in [4.78, 5) is 26.6. The Kier molecular flexibility index (Phi) is 5.81. The van der Waals surface area contributed by atoms with Gasteiger partial charge in [0, 0.05) is 13.1 Å². The molecule has 0 aromatic carbocycles. The van der Waals surface area contributed by atoms with Crippen LogP contribution >= 0.6 is 23.1 Å². The summed E-state index contributed by atoms with van der Waals surface area (Å²) >= 11 is 2.74. The molecule has 8 heteroatoms. The van der Waals surface area contributed by atoms with Crippen LogP contribution in [0.4, 0.5) is 5.82 Å². The van der Waals surface area contributed by atoms with Crippen molar-refractivity contribution in [1.29, 1.82) is 0 Å². The Morgan fingerprint density at radius 1 is 1.17 bits per heavy atom. The molecule has 3 rings (SSSR count). The first-order valence-electron chi connectivity index (χ1n) is 7.81. The lowest BCUT2D eigenvalue weighted by Crippen LogP contribution is -2.36. The minimum absolute atomic E-state index is 0.150. The fourth-order valence-corrected chi connectivity index (χ4v) is 3.76. The average Bonchev–Trinajstić information content (AvgIpc) is 3.16. The van der Waals surface area contributed by atoms with Crippen LogP contribution in [0.1, 0.15) is 28.9 Å². The van der Waals surface area contributed by atoms with Crippen LogP contribution in [0.15, 0.2) is 34.7 Å². The van der Waals surface area contributed by atoms with Crippen molar-refractivity contribution in [3.8, 4) is 0 Å². The third-order valence-electron chi connectivity index (χ3n) is 3.68. The van der Waals surface area contributed by atoms with Crippen molar-refractivity contribution in [2.75, 3.05) is 24.2 Å². The Bertz CT molecular complexity index is 683. The summed E-state index contributed by atoms with van der Waals surface area (Å²) in [6.45, 7) is 1.72. The van der Waals surface area contributed by atoms with Gasteiger partial charge in [0.25, 0.3) is 5.91 Å². The number of hydrogen-bond donors (Lipinski definition) is 1.